The molecule has 0 fully saturated rings. The van der Waals surface area contributed by atoms with Crippen molar-refractivity contribution in [3.63, 3.8) is 0 Å². The van der Waals surface area contributed by atoms with Gasteiger partial charge < -0.3 is 5.32 Å². The zero-order chi connectivity index (χ0) is 16.7. The van der Waals surface area contributed by atoms with Gasteiger partial charge in [0.25, 0.3) is 5.56 Å². The lowest BCUT2D eigenvalue weighted by atomic mass is 10.1. The van der Waals surface area contributed by atoms with Crippen molar-refractivity contribution in [3.8, 4) is 0 Å². The van der Waals surface area contributed by atoms with E-state index in [0.717, 1.165) is 24.6 Å². The molecule has 0 bridgehead atoms. The fraction of sp³-hybridized carbons (Fsp3) is 0.333. The highest BCUT2D eigenvalue weighted by Gasteiger charge is 2.10. The highest BCUT2D eigenvalue weighted by Crippen LogP contribution is 2.08. The molecule has 1 aromatic heterocycles. The molecule has 1 unspecified atom stereocenters. The number of hydrogen-bond donors (Lipinski definition) is 3. The van der Waals surface area contributed by atoms with E-state index >= 15 is 0 Å². The fourth-order valence-electron chi connectivity index (χ4n) is 1.99. The van der Waals surface area contributed by atoms with E-state index in [9.17, 15) is 14.4 Å². The summed E-state index contributed by atoms with van der Waals surface area (Å²) in [4.78, 5) is 36.2. The molecular weight excluding hydrogens is 316 g/mol. The van der Waals surface area contributed by atoms with Crippen LogP contribution in [0.5, 0.6) is 0 Å². The number of hydrogen-bond acceptors (Lipinski definition) is 5. The van der Waals surface area contributed by atoms with Gasteiger partial charge >= 0.3 is 5.69 Å². The summed E-state index contributed by atoms with van der Waals surface area (Å²) in [5, 5.41) is 8.68. The number of thioether (sulfide) groups is 1. The van der Waals surface area contributed by atoms with Gasteiger partial charge in [-0.05, 0) is 25.3 Å². The maximum atomic E-state index is 11.9. The maximum Gasteiger partial charge on any atom is 0.342 e. The summed E-state index contributed by atoms with van der Waals surface area (Å²) in [5.41, 5.74) is -0.0334. The van der Waals surface area contributed by atoms with E-state index in [1.807, 2.05) is 25.1 Å². The number of aromatic amines is 2. The normalized spacial score (nSPS) is 11.9. The Morgan fingerprint density at radius 1 is 1.30 bits per heavy atom. The number of rotatable bonds is 7. The summed E-state index contributed by atoms with van der Waals surface area (Å²) < 4.78 is 0. The monoisotopic (exact) mass is 334 g/mol. The van der Waals surface area contributed by atoms with Crippen LogP contribution in [0.15, 0.2) is 44.9 Å². The van der Waals surface area contributed by atoms with E-state index in [2.05, 4.69) is 32.6 Å². The molecule has 0 aliphatic rings. The number of aryl methyl sites for hydroxylation is 1. The van der Waals surface area contributed by atoms with Crippen molar-refractivity contribution in [1.29, 1.82) is 0 Å². The lowest BCUT2D eigenvalue weighted by molar-refractivity contribution is -0.119. The minimum Gasteiger partial charge on any atom is -0.353 e. The molecule has 0 aliphatic heterocycles. The average molecular weight is 334 g/mol. The number of nitrogens with zero attached hydrogens (tertiary/aromatic N) is 1. The summed E-state index contributed by atoms with van der Waals surface area (Å²) in [5.74, 6) is -0.111. The van der Waals surface area contributed by atoms with Gasteiger partial charge in [0.15, 0.2) is 5.03 Å². The van der Waals surface area contributed by atoms with Crippen LogP contribution in [0.4, 0.5) is 0 Å². The number of carbonyl (C=O) groups excluding carboxylic acids is 1. The molecule has 0 aliphatic carbocycles. The highest BCUT2D eigenvalue weighted by atomic mass is 32.2. The molecule has 1 atom stereocenters. The van der Waals surface area contributed by atoms with Crippen LogP contribution in [0.1, 0.15) is 18.9 Å². The Bertz CT molecular complexity index is 757. The van der Waals surface area contributed by atoms with Gasteiger partial charge in [-0.3, -0.25) is 14.6 Å². The number of nitrogens with one attached hydrogen (secondary N) is 3. The van der Waals surface area contributed by atoms with Crippen molar-refractivity contribution in [3.05, 3.63) is 56.7 Å². The van der Waals surface area contributed by atoms with Crippen molar-refractivity contribution < 1.29 is 4.79 Å². The summed E-state index contributed by atoms with van der Waals surface area (Å²) in [7, 11) is 0. The van der Waals surface area contributed by atoms with E-state index in [-0.39, 0.29) is 22.7 Å². The lowest BCUT2D eigenvalue weighted by Crippen LogP contribution is -2.34. The van der Waals surface area contributed by atoms with E-state index < -0.39 is 11.2 Å². The molecule has 1 amide bonds. The molecule has 122 valence electrons. The van der Waals surface area contributed by atoms with Gasteiger partial charge in [0.1, 0.15) is 0 Å². The Labute approximate surface area is 136 Å². The van der Waals surface area contributed by atoms with Crippen LogP contribution in [-0.2, 0) is 11.2 Å². The van der Waals surface area contributed by atoms with Gasteiger partial charge in [0.2, 0.25) is 5.91 Å². The van der Waals surface area contributed by atoms with Crippen LogP contribution in [0.25, 0.3) is 0 Å². The minimum atomic E-state index is -0.668. The predicted molar refractivity (Wildman–Crippen MR) is 88.6 cm³/mol. The first-order valence-electron chi connectivity index (χ1n) is 7.19. The van der Waals surface area contributed by atoms with Crippen LogP contribution in [0.3, 0.4) is 0 Å². The third kappa shape index (κ3) is 5.74. The topological polar surface area (TPSA) is 108 Å². The zero-order valence-corrected chi connectivity index (χ0v) is 13.5. The van der Waals surface area contributed by atoms with Gasteiger partial charge in [0, 0.05) is 6.04 Å². The Kier molecular flexibility index (Phi) is 6.16. The minimum absolute atomic E-state index is 0.0325. The smallest absolute Gasteiger partial charge is 0.342 e. The Morgan fingerprint density at radius 2 is 2.04 bits per heavy atom. The molecule has 0 saturated heterocycles. The summed E-state index contributed by atoms with van der Waals surface area (Å²) in [6, 6.07) is 10.1. The van der Waals surface area contributed by atoms with Crippen molar-refractivity contribution in [2.24, 2.45) is 0 Å². The zero-order valence-electron chi connectivity index (χ0n) is 12.7. The number of aromatic nitrogens is 3. The molecular formula is C15H18N4O3S. The molecule has 1 aromatic carbocycles. The van der Waals surface area contributed by atoms with Crippen LogP contribution >= 0.6 is 11.8 Å². The van der Waals surface area contributed by atoms with Crippen molar-refractivity contribution in [2.75, 3.05) is 5.75 Å². The molecule has 0 spiro atoms. The first-order valence-corrected chi connectivity index (χ1v) is 8.18. The number of H-pyrrole nitrogens is 2. The first kappa shape index (κ1) is 17.0. The quantitative estimate of drug-likeness (QED) is 0.646. The first-order chi connectivity index (χ1) is 11.0. The number of carbonyl (C=O) groups is 1. The molecule has 0 saturated carbocycles. The van der Waals surface area contributed by atoms with E-state index in [4.69, 9.17) is 0 Å². The van der Waals surface area contributed by atoms with E-state index in [0.29, 0.717) is 0 Å². The second-order valence-corrected chi connectivity index (χ2v) is 6.06. The number of benzene rings is 1. The Balaban J connectivity index is 1.75. The van der Waals surface area contributed by atoms with E-state index in [1.54, 1.807) is 0 Å². The summed E-state index contributed by atoms with van der Waals surface area (Å²) in [6.07, 6.45) is 1.72. The summed E-state index contributed by atoms with van der Waals surface area (Å²) in [6.45, 7) is 1.94. The molecule has 7 nitrogen and oxygen atoms in total. The standard InChI is InChI=1S/C15H18N4O3S/c1-10(7-8-11-5-3-2-4-6-11)16-12(20)9-23-14-13(21)17-15(22)19-18-14/h2-6,10H,7-9H2,1H3,(H,16,20)(H2,17,19,21,22). The van der Waals surface area contributed by atoms with Crippen LogP contribution in [0, 0.1) is 0 Å². The summed E-state index contributed by atoms with van der Waals surface area (Å²) >= 11 is 0.983. The Morgan fingerprint density at radius 3 is 2.74 bits per heavy atom. The van der Waals surface area contributed by atoms with Gasteiger partial charge in [-0.25, -0.2) is 9.89 Å². The lowest BCUT2D eigenvalue weighted by Gasteiger charge is -2.13. The second-order valence-electron chi connectivity index (χ2n) is 5.09. The van der Waals surface area contributed by atoms with Gasteiger partial charge in [0.05, 0.1) is 5.75 Å². The molecule has 0 radical (unpaired) electrons. The molecule has 8 heteroatoms. The predicted octanol–water partition coefficient (Wildman–Crippen LogP) is 0.688. The highest BCUT2D eigenvalue weighted by molar-refractivity contribution is 7.99. The molecule has 3 N–H and O–H groups in total. The van der Waals surface area contributed by atoms with Crippen molar-refractivity contribution in [1.82, 2.24) is 20.5 Å². The third-order valence-corrected chi connectivity index (χ3v) is 4.09. The van der Waals surface area contributed by atoms with Crippen LogP contribution in [0.2, 0.25) is 0 Å². The molecule has 2 aromatic rings. The van der Waals surface area contributed by atoms with E-state index in [1.165, 1.54) is 5.56 Å². The fourth-order valence-corrected chi connectivity index (χ4v) is 2.63. The van der Waals surface area contributed by atoms with Crippen molar-refractivity contribution in [2.45, 2.75) is 30.8 Å². The number of amides is 1. The average Bonchev–Trinajstić information content (AvgIpc) is 2.53. The second kappa shape index (κ2) is 8.33. The molecule has 1 heterocycles. The van der Waals surface area contributed by atoms with Crippen molar-refractivity contribution >= 4 is 17.7 Å². The maximum absolute atomic E-state index is 11.9. The van der Waals surface area contributed by atoms with Crippen LogP contribution in [-0.4, -0.2) is 32.9 Å². The Hall–Kier alpha value is -2.35. The largest absolute Gasteiger partial charge is 0.353 e. The van der Waals surface area contributed by atoms with Gasteiger partial charge in [-0.15, -0.1) is 0 Å². The third-order valence-electron chi connectivity index (χ3n) is 3.14. The molecule has 2 rings (SSSR count). The SMILES string of the molecule is CC(CCc1ccccc1)NC(=O)CSc1n[nH]c(=O)[nH]c1=O. The van der Waals surface area contributed by atoms with Gasteiger partial charge in [-0.1, -0.05) is 42.1 Å². The van der Waals surface area contributed by atoms with Gasteiger partial charge in [-0.2, -0.15) is 5.10 Å². The van der Waals surface area contributed by atoms with Crippen LogP contribution < -0.4 is 16.6 Å². The molecule has 23 heavy (non-hydrogen) atoms.